The second-order valence-electron chi connectivity index (χ2n) is 7.75. The zero-order valence-corrected chi connectivity index (χ0v) is 12.9. The smallest absolute Gasteiger partial charge is 0.0308 e. The minimum atomic E-state index is 0.489. The van der Waals surface area contributed by atoms with Crippen LogP contribution >= 0.6 is 0 Å². The molecule has 0 bridgehead atoms. The van der Waals surface area contributed by atoms with Crippen LogP contribution in [0.15, 0.2) is 0 Å². The molecule has 2 unspecified atom stereocenters. The first-order valence-corrected chi connectivity index (χ1v) is 9.08. The van der Waals surface area contributed by atoms with E-state index in [4.69, 9.17) is 0 Å². The van der Waals surface area contributed by atoms with Gasteiger partial charge in [0.1, 0.15) is 0 Å². The third kappa shape index (κ3) is 2.53. The van der Waals surface area contributed by atoms with Gasteiger partial charge in [0.25, 0.3) is 0 Å². The van der Waals surface area contributed by atoms with Gasteiger partial charge in [-0.25, -0.2) is 0 Å². The van der Waals surface area contributed by atoms with Gasteiger partial charge in [-0.15, -0.1) is 0 Å². The normalized spacial score (nSPS) is 39.0. The van der Waals surface area contributed by atoms with Gasteiger partial charge in [-0.3, -0.25) is 4.90 Å². The summed E-state index contributed by atoms with van der Waals surface area (Å²) in [6.07, 6.45) is 12.9. The van der Waals surface area contributed by atoms with Gasteiger partial charge in [0.15, 0.2) is 0 Å². The maximum Gasteiger partial charge on any atom is 0.0308 e. The Labute approximate surface area is 124 Å². The average Bonchev–Trinajstić information content (AvgIpc) is 3.05. The molecule has 3 nitrogen and oxygen atoms in total. The Kier molecular flexibility index (Phi) is 3.78. The maximum absolute atomic E-state index is 3.92. The molecule has 0 aromatic rings. The Morgan fingerprint density at radius 3 is 2.50 bits per heavy atom. The molecule has 1 saturated carbocycles. The van der Waals surface area contributed by atoms with Crippen molar-refractivity contribution in [1.82, 2.24) is 15.1 Å². The zero-order valence-electron chi connectivity index (χ0n) is 12.9. The van der Waals surface area contributed by atoms with E-state index >= 15 is 0 Å². The summed E-state index contributed by atoms with van der Waals surface area (Å²) in [5.41, 5.74) is 0.489. The average molecular weight is 277 g/mol. The monoisotopic (exact) mass is 277 g/mol. The van der Waals surface area contributed by atoms with Crippen molar-refractivity contribution in [2.45, 2.75) is 75.4 Å². The number of hydrogen-bond acceptors (Lipinski definition) is 3. The highest BCUT2D eigenvalue weighted by atomic mass is 15.3. The summed E-state index contributed by atoms with van der Waals surface area (Å²) in [7, 11) is 0. The number of piperidine rings is 1. The molecule has 3 aliphatic heterocycles. The molecule has 20 heavy (non-hydrogen) atoms. The quantitative estimate of drug-likeness (QED) is 0.793. The highest BCUT2D eigenvalue weighted by Gasteiger charge is 2.40. The molecule has 0 aromatic carbocycles. The summed E-state index contributed by atoms with van der Waals surface area (Å²) in [5, 5.41) is 3.92. The van der Waals surface area contributed by atoms with Crippen LogP contribution in [-0.2, 0) is 0 Å². The zero-order chi connectivity index (χ0) is 13.4. The van der Waals surface area contributed by atoms with Gasteiger partial charge in [0, 0.05) is 24.2 Å². The second kappa shape index (κ2) is 5.58. The molecule has 0 aromatic heterocycles. The van der Waals surface area contributed by atoms with Crippen LogP contribution in [0.5, 0.6) is 0 Å². The molecule has 4 aliphatic rings. The molecular formula is C17H31N3. The molecule has 1 aliphatic carbocycles. The first-order valence-electron chi connectivity index (χ1n) is 9.08. The van der Waals surface area contributed by atoms with E-state index in [2.05, 4.69) is 15.1 Å². The molecular weight excluding hydrogens is 246 g/mol. The van der Waals surface area contributed by atoms with Gasteiger partial charge in [0.05, 0.1) is 0 Å². The van der Waals surface area contributed by atoms with Crippen LogP contribution in [0, 0.1) is 0 Å². The number of fused-ring (bicyclic) bond motifs is 1. The molecule has 2 atom stereocenters. The van der Waals surface area contributed by atoms with Crippen LogP contribution in [0.2, 0.25) is 0 Å². The van der Waals surface area contributed by atoms with Crippen molar-refractivity contribution in [3.8, 4) is 0 Å². The largest absolute Gasteiger partial charge is 0.310 e. The SMILES string of the molecule is C1CC2CC(N3CCCNC4(CCCC4)C3)CCN2C1. The number of rotatable bonds is 1. The van der Waals surface area contributed by atoms with Gasteiger partial charge >= 0.3 is 0 Å². The van der Waals surface area contributed by atoms with Gasteiger partial charge in [-0.2, -0.15) is 0 Å². The molecule has 0 radical (unpaired) electrons. The van der Waals surface area contributed by atoms with E-state index in [1.54, 1.807) is 0 Å². The summed E-state index contributed by atoms with van der Waals surface area (Å²) in [5.74, 6) is 0. The third-order valence-corrected chi connectivity index (χ3v) is 6.50. The van der Waals surface area contributed by atoms with Gasteiger partial charge < -0.3 is 10.2 Å². The fraction of sp³-hybridized carbons (Fsp3) is 1.00. The summed E-state index contributed by atoms with van der Waals surface area (Å²) in [4.78, 5) is 5.65. The molecule has 1 N–H and O–H groups in total. The van der Waals surface area contributed by atoms with Crippen LogP contribution in [-0.4, -0.2) is 60.1 Å². The third-order valence-electron chi connectivity index (χ3n) is 6.50. The lowest BCUT2D eigenvalue weighted by molar-refractivity contribution is 0.0742. The van der Waals surface area contributed by atoms with Crippen LogP contribution in [0.3, 0.4) is 0 Å². The predicted molar refractivity (Wildman–Crippen MR) is 83.0 cm³/mol. The van der Waals surface area contributed by atoms with Crippen molar-refractivity contribution in [2.75, 3.05) is 32.7 Å². The molecule has 0 amide bonds. The fourth-order valence-corrected chi connectivity index (χ4v) is 5.39. The standard InChI is InChI=1S/C17H31N3/c1-2-8-17(7-1)14-20(11-4-9-18-17)16-6-12-19-10-3-5-15(19)13-16/h15-16,18H,1-14H2. The Morgan fingerprint density at radius 2 is 1.60 bits per heavy atom. The van der Waals surface area contributed by atoms with Gasteiger partial charge in [0.2, 0.25) is 0 Å². The van der Waals surface area contributed by atoms with E-state index in [1.807, 2.05) is 0 Å². The van der Waals surface area contributed by atoms with E-state index in [1.165, 1.54) is 90.5 Å². The molecule has 3 saturated heterocycles. The molecule has 4 rings (SSSR count). The highest BCUT2D eigenvalue weighted by molar-refractivity contribution is 4.99. The minimum absolute atomic E-state index is 0.489. The lowest BCUT2D eigenvalue weighted by Crippen LogP contribution is -2.54. The summed E-state index contributed by atoms with van der Waals surface area (Å²) < 4.78 is 0. The van der Waals surface area contributed by atoms with Crippen molar-refractivity contribution in [3.63, 3.8) is 0 Å². The Balaban J connectivity index is 1.44. The Bertz CT molecular complexity index is 337. The van der Waals surface area contributed by atoms with Crippen molar-refractivity contribution in [3.05, 3.63) is 0 Å². The predicted octanol–water partition coefficient (Wildman–Crippen LogP) is 2.22. The summed E-state index contributed by atoms with van der Waals surface area (Å²) in [6, 6.07) is 1.80. The maximum atomic E-state index is 3.92. The number of hydrogen-bond donors (Lipinski definition) is 1. The van der Waals surface area contributed by atoms with E-state index in [9.17, 15) is 0 Å². The van der Waals surface area contributed by atoms with E-state index in [0.717, 1.165) is 12.1 Å². The minimum Gasteiger partial charge on any atom is -0.310 e. The van der Waals surface area contributed by atoms with E-state index in [0.29, 0.717) is 5.54 Å². The molecule has 3 heterocycles. The van der Waals surface area contributed by atoms with Crippen LogP contribution in [0.1, 0.15) is 57.8 Å². The number of nitrogens with one attached hydrogen (secondary N) is 1. The fourth-order valence-electron chi connectivity index (χ4n) is 5.39. The first kappa shape index (κ1) is 13.5. The second-order valence-corrected chi connectivity index (χ2v) is 7.75. The highest BCUT2D eigenvalue weighted by Crippen LogP contribution is 2.35. The van der Waals surface area contributed by atoms with Crippen molar-refractivity contribution in [1.29, 1.82) is 0 Å². The van der Waals surface area contributed by atoms with Crippen molar-refractivity contribution < 1.29 is 0 Å². The molecule has 3 heteroatoms. The molecule has 4 fully saturated rings. The lowest BCUT2D eigenvalue weighted by atomic mass is 9.92. The topological polar surface area (TPSA) is 18.5 Å². The lowest BCUT2D eigenvalue weighted by Gasteiger charge is -2.43. The van der Waals surface area contributed by atoms with Crippen molar-refractivity contribution >= 4 is 0 Å². The molecule has 1 spiro atoms. The summed E-state index contributed by atoms with van der Waals surface area (Å²) >= 11 is 0. The number of nitrogens with zero attached hydrogens (tertiary/aromatic N) is 2. The van der Waals surface area contributed by atoms with E-state index in [-0.39, 0.29) is 0 Å². The Hall–Kier alpha value is -0.120. The van der Waals surface area contributed by atoms with Gasteiger partial charge in [-0.1, -0.05) is 12.8 Å². The van der Waals surface area contributed by atoms with E-state index < -0.39 is 0 Å². The Morgan fingerprint density at radius 1 is 0.800 bits per heavy atom. The summed E-state index contributed by atoms with van der Waals surface area (Å²) in [6.45, 7) is 6.67. The van der Waals surface area contributed by atoms with Crippen LogP contribution < -0.4 is 5.32 Å². The molecule has 114 valence electrons. The first-order chi connectivity index (χ1) is 9.85. The van der Waals surface area contributed by atoms with Crippen LogP contribution in [0.4, 0.5) is 0 Å². The van der Waals surface area contributed by atoms with Crippen molar-refractivity contribution in [2.24, 2.45) is 0 Å². The van der Waals surface area contributed by atoms with Crippen LogP contribution in [0.25, 0.3) is 0 Å². The van der Waals surface area contributed by atoms with Gasteiger partial charge in [-0.05, 0) is 71.1 Å².